The van der Waals surface area contributed by atoms with Gasteiger partial charge in [-0.25, -0.2) is 15.0 Å². The number of nitrogens with two attached hydrogens (primary N) is 1. The highest BCUT2D eigenvalue weighted by atomic mass is 15.5. The van der Waals surface area contributed by atoms with Gasteiger partial charge in [0.15, 0.2) is 0 Å². The van der Waals surface area contributed by atoms with Crippen LogP contribution in [0.4, 0.5) is 5.95 Å². The molecule has 1 atom stereocenters. The minimum absolute atomic E-state index is 0.238. The molecule has 2 aromatic rings. The molecule has 2 heterocycles. The molecule has 1 aromatic heterocycles. The van der Waals surface area contributed by atoms with Gasteiger partial charge in [0.25, 0.3) is 5.95 Å². The van der Waals surface area contributed by atoms with E-state index in [2.05, 4.69) is 30.5 Å². The highest BCUT2D eigenvalue weighted by Crippen LogP contribution is 2.26. The summed E-state index contributed by atoms with van der Waals surface area (Å²) in [7, 11) is 0. The van der Waals surface area contributed by atoms with Gasteiger partial charge in [-0.15, -0.1) is 10.2 Å². The maximum Gasteiger partial charge on any atom is 0.302 e. The lowest BCUT2D eigenvalue weighted by atomic mass is 9.98. The molecule has 3 rings (SSSR count). The number of aromatic nitrogens is 2. The molecule has 7 heteroatoms. The molecule has 1 aromatic carbocycles. The molecule has 7 nitrogen and oxygen atoms in total. The molecule has 0 fully saturated rings. The standard InChI is InChI=1S/C16H17N7/c1-11-14(13-7-4-3-5-8-13)12(2)21-16(17,20-11)23-22-15-18-9-6-10-19-15/h3-10,20H,17H2,1-2H3. The first-order valence-electron chi connectivity index (χ1n) is 7.17. The molecular weight excluding hydrogens is 290 g/mol. The van der Waals surface area contributed by atoms with Crippen LogP contribution in [-0.4, -0.2) is 21.6 Å². The molecule has 1 aliphatic rings. The number of allylic oxidation sites excluding steroid dienone is 2. The van der Waals surface area contributed by atoms with E-state index in [0.29, 0.717) is 0 Å². The van der Waals surface area contributed by atoms with Crippen LogP contribution in [0.2, 0.25) is 0 Å². The van der Waals surface area contributed by atoms with Crippen LogP contribution >= 0.6 is 0 Å². The molecule has 0 bridgehead atoms. The van der Waals surface area contributed by atoms with Crippen LogP contribution in [0.5, 0.6) is 0 Å². The normalized spacial score (nSPS) is 21.3. The van der Waals surface area contributed by atoms with E-state index in [4.69, 9.17) is 5.73 Å². The number of nitrogens with one attached hydrogen (secondary N) is 1. The highest BCUT2D eigenvalue weighted by molar-refractivity contribution is 6.24. The lowest BCUT2D eigenvalue weighted by Gasteiger charge is -2.29. The third-order valence-electron chi connectivity index (χ3n) is 3.35. The second kappa shape index (κ2) is 6.05. The van der Waals surface area contributed by atoms with E-state index >= 15 is 0 Å². The van der Waals surface area contributed by atoms with Crippen molar-refractivity contribution in [2.75, 3.05) is 0 Å². The van der Waals surface area contributed by atoms with Gasteiger partial charge in [0.05, 0.1) is 0 Å². The molecule has 1 aliphatic heterocycles. The molecule has 0 amide bonds. The largest absolute Gasteiger partial charge is 0.332 e. The van der Waals surface area contributed by atoms with Gasteiger partial charge in [0.2, 0.25) is 0 Å². The van der Waals surface area contributed by atoms with Gasteiger partial charge in [-0.05, 0) is 25.5 Å². The van der Waals surface area contributed by atoms with Crippen molar-refractivity contribution >= 4 is 17.2 Å². The zero-order valence-corrected chi connectivity index (χ0v) is 12.9. The molecule has 0 aliphatic carbocycles. The average Bonchev–Trinajstić information content (AvgIpc) is 2.54. The van der Waals surface area contributed by atoms with Crippen LogP contribution in [-0.2, 0) is 0 Å². The summed E-state index contributed by atoms with van der Waals surface area (Å²) in [5.74, 6) is -1.12. The Labute approximate surface area is 134 Å². The number of rotatable bonds is 3. The van der Waals surface area contributed by atoms with Crippen molar-refractivity contribution in [3.63, 3.8) is 0 Å². The molecule has 1 unspecified atom stereocenters. The minimum atomic E-state index is -1.36. The first kappa shape index (κ1) is 15.0. The van der Waals surface area contributed by atoms with Crippen molar-refractivity contribution in [2.24, 2.45) is 21.0 Å². The van der Waals surface area contributed by atoms with E-state index in [1.165, 1.54) is 0 Å². The average molecular weight is 307 g/mol. The molecule has 3 N–H and O–H groups in total. The second-order valence-corrected chi connectivity index (χ2v) is 5.16. The summed E-state index contributed by atoms with van der Waals surface area (Å²) < 4.78 is 0. The van der Waals surface area contributed by atoms with E-state index in [9.17, 15) is 0 Å². The van der Waals surface area contributed by atoms with Gasteiger partial charge in [0.1, 0.15) is 0 Å². The molecule has 0 saturated heterocycles. The van der Waals surface area contributed by atoms with E-state index in [-0.39, 0.29) is 5.95 Å². The summed E-state index contributed by atoms with van der Waals surface area (Å²) >= 11 is 0. The predicted molar refractivity (Wildman–Crippen MR) is 88.7 cm³/mol. The predicted octanol–water partition coefficient (Wildman–Crippen LogP) is 2.63. The Kier molecular flexibility index (Phi) is 3.94. The van der Waals surface area contributed by atoms with E-state index in [1.54, 1.807) is 18.5 Å². The molecule has 116 valence electrons. The van der Waals surface area contributed by atoms with E-state index in [0.717, 1.165) is 22.5 Å². The van der Waals surface area contributed by atoms with Crippen LogP contribution in [0.25, 0.3) is 5.57 Å². The topological polar surface area (TPSA) is 101 Å². The Hall–Kier alpha value is -2.93. The van der Waals surface area contributed by atoms with Crippen molar-refractivity contribution < 1.29 is 0 Å². The van der Waals surface area contributed by atoms with Gasteiger partial charge in [-0.2, -0.15) is 0 Å². The summed E-state index contributed by atoms with van der Waals surface area (Å²) in [6, 6.07) is 11.7. The van der Waals surface area contributed by atoms with Crippen molar-refractivity contribution in [3.8, 4) is 0 Å². The number of benzene rings is 1. The van der Waals surface area contributed by atoms with Gasteiger partial charge in [-0.1, -0.05) is 30.3 Å². The molecule has 0 radical (unpaired) electrons. The monoisotopic (exact) mass is 307 g/mol. The maximum absolute atomic E-state index is 6.18. The number of azo groups is 1. The SMILES string of the molecule is CC1=NC(N)(N=Nc2ncccn2)NC(C)=C1c1ccccc1. The van der Waals surface area contributed by atoms with Crippen LogP contribution in [0.3, 0.4) is 0 Å². The Balaban J connectivity index is 1.89. The Morgan fingerprint density at radius 3 is 2.39 bits per heavy atom. The zero-order chi connectivity index (χ0) is 16.3. The van der Waals surface area contributed by atoms with Crippen LogP contribution < -0.4 is 11.1 Å². The van der Waals surface area contributed by atoms with Crippen molar-refractivity contribution in [2.45, 2.75) is 19.8 Å². The number of aliphatic imine (C=N–C) groups is 1. The van der Waals surface area contributed by atoms with Gasteiger partial charge < -0.3 is 5.32 Å². The third-order valence-corrected chi connectivity index (χ3v) is 3.35. The number of hydrogen-bond donors (Lipinski definition) is 2. The number of nitrogens with zero attached hydrogens (tertiary/aromatic N) is 5. The summed E-state index contributed by atoms with van der Waals surface area (Å²) in [5, 5.41) is 11.1. The molecular formula is C16H17N7. The Morgan fingerprint density at radius 1 is 1.04 bits per heavy atom. The quantitative estimate of drug-likeness (QED) is 0.851. The fraction of sp³-hybridized carbons (Fsp3) is 0.188. The van der Waals surface area contributed by atoms with Crippen LogP contribution in [0.1, 0.15) is 19.4 Å². The summed E-state index contributed by atoms with van der Waals surface area (Å²) in [6.45, 7) is 3.85. The van der Waals surface area contributed by atoms with Crippen molar-refractivity contribution in [1.82, 2.24) is 15.3 Å². The third kappa shape index (κ3) is 3.29. The summed E-state index contributed by atoms with van der Waals surface area (Å²) in [4.78, 5) is 12.4. The van der Waals surface area contributed by atoms with E-state index in [1.807, 2.05) is 44.2 Å². The maximum atomic E-state index is 6.18. The second-order valence-electron chi connectivity index (χ2n) is 5.16. The van der Waals surface area contributed by atoms with Crippen LogP contribution in [0.15, 0.2) is 69.7 Å². The molecule has 0 saturated carbocycles. The Bertz CT molecular complexity index is 781. The summed E-state index contributed by atoms with van der Waals surface area (Å²) in [5.41, 5.74) is 9.95. The van der Waals surface area contributed by atoms with Crippen molar-refractivity contribution in [3.05, 3.63) is 60.1 Å². The summed E-state index contributed by atoms with van der Waals surface area (Å²) in [6.07, 6.45) is 3.18. The van der Waals surface area contributed by atoms with Gasteiger partial charge in [-0.3, -0.25) is 5.73 Å². The Morgan fingerprint density at radius 2 is 1.74 bits per heavy atom. The lowest BCUT2D eigenvalue weighted by molar-refractivity contribution is 0.382. The first-order valence-corrected chi connectivity index (χ1v) is 7.17. The van der Waals surface area contributed by atoms with E-state index < -0.39 is 5.91 Å². The van der Waals surface area contributed by atoms with Gasteiger partial charge >= 0.3 is 5.91 Å². The minimum Gasteiger partial charge on any atom is -0.332 e. The lowest BCUT2D eigenvalue weighted by Crippen LogP contribution is -2.52. The fourth-order valence-electron chi connectivity index (χ4n) is 2.49. The number of hydrogen-bond acceptors (Lipinski definition) is 7. The zero-order valence-electron chi connectivity index (χ0n) is 12.9. The smallest absolute Gasteiger partial charge is 0.302 e. The van der Waals surface area contributed by atoms with Gasteiger partial charge in [0, 0.05) is 29.4 Å². The fourth-order valence-corrected chi connectivity index (χ4v) is 2.49. The highest BCUT2D eigenvalue weighted by Gasteiger charge is 2.30. The molecule has 0 spiro atoms. The van der Waals surface area contributed by atoms with Crippen molar-refractivity contribution in [1.29, 1.82) is 0 Å². The molecule has 23 heavy (non-hydrogen) atoms. The van der Waals surface area contributed by atoms with Crippen LogP contribution in [0, 0.1) is 0 Å². The first-order chi connectivity index (χ1) is 11.1.